The van der Waals surface area contributed by atoms with Crippen LogP contribution in [0.15, 0.2) is 51.7 Å². The second-order valence-electron chi connectivity index (χ2n) is 6.34. The zero-order valence-electron chi connectivity index (χ0n) is 15.7. The Morgan fingerprint density at radius 2 is 2.03 bits per heavy atom. The minimum atomic E-state index is -0.761. The maximum atomic E-state index is 13.8. The van der Waals surface area contributed by atoms with Gasteiger partial charge in [0.15, 0.2) is 0 Å². The second kappa shape index (κ2) is 9.14. The third-order valence-corrected chi connectivity index (χ3v) is 4.96. The van der Waals surface area contributed by atoms with Crippen molar-refractivity contribution < 1.29 is 23.5 Å². The van der Waals surface area contributed by atoms with Crippen LogP contribution in [0.3, 0.4) is 0 Å². The summed E-state index contributed by atoms with van der Waals surface area (Å²) in [5.41, 5.74) is 2.10. The molecular formula is C20H16BrF2N3O4. The van der Waals surface area contributed by atoms with E-state index in [0.29, 0.717) is 11.4 Å². The molecule has 0 saturated heterocycles. The highest BCUT2D eigenvalue weighted by Gasteiger charge is 2.16. The van der Waals surface area contributed by atoms with Gasteiger partial charge in [-0.3, -0.25) is 19.4 Å². The van der Waals surface area contributed by atoms with E-state index in [1.54, 1.807) is 24.5 Å². The first-order valence-electron chi connectivity index (χ1n) is 8.67. The van der Waals surface area contributed by atoms with Gasteiger partial charge < -0.3 is 4.74 Å². The summed E-state index contributed by atoms with van der Waals surface area (Å²) >= 11 is 3.16. The fourth-order valence-corrected chi connectivity index (χ4v) is 3.16. The largest absolute Gasteiger partial charge is 0.472 e. The van der Waals surface area contributed by atoms with E-state index >= 15 is 0 Å². The molecule has 1 heterocycles. The van der Waals surface area contributed by atoms with Gasteiger partial charge in [0.1, 0.15) is 28.5 Å². The van der Waals surface area contributed by atoms with Crippen molar-refractivity contribution in [3.8, 4) is 5.88 Å². The van der Waals surface area contributed by atoms with Gasteiger partial charge in [0.05, 0.1) is 6.54 Å². The van der Waals surface area contributed by atoms with Crippen molar-refractivity contribution >= 4 is 21.8 Å². The Morgan fingerprint density at radius 1 is 1.27 bits per heavy atom. The molecule has 0 fully saturated rings. The molecule has 3 rings (SSSR count). The lowest BCUT2D eigenvalue weighted by Gasteiger charge is -2.14. The molecule has 1 aromatic heterocycles. The Morgan fingerprint density at radius 3 is 2.73 bits per heavy atom. The number of amides is 1. The van der Waals surface area contributed by atoms with Gasteiger partial charge in [0.2, 0.25) is 5.88 Å². The van der Waals surface area contributed by atoms with Crippen molar-refractivity contribution in [2.75, 3.05) is 0 Å². The average Bonchev–Trinajstić information content (AvgIpc) is 2.73. The molecule has 10 heteroatoms. The van der Waals surface area contributed by atoms with Crippen molar-refractivity contribution in [2.45, 2.75) is 20.1 Å². The summed E-state index contributed by atoms with van der Waals surface area (Å²) in [6, 6.07) is 9.50. The number of rotatable bonds is 6. The summed E-state index contributed by atoms with van der Waals surface area (Å²) < 4.78 is 33.7. The van der Waals surface area contributed by atoms with Gasteiger partial charge in [-0.15, -0.1) is 0 Å². The van der Waals surface area contributed by atoms with Crippen LogP contribution in [0.4, 0.5) is 8.78 Å². The SMILES string of the molecule is Cc1nc(OCc2ccc(F)cc2F)c(Br)c(=O)n1Cc1cccc(C(=O)NO)c1. The van der Waals surface area contributed by atoms with Crippen LogP contribution >= 0.6 is 15.9 Å². The molecule has 156 valence electrons. The molecule has 2 aromatic carbocycles. The minimum Gasteiger partial charge on any atom is -0.472 e. The van der Waals surface area contributed by atoms with E-state index < -0.39 is 23.1 Å². The van der Waals surface area contributed by atoms with E-state index in [-0.39, 0.29) is 34.6 Å². The van der Waals surface area contributed by atoms with E-state index in [2.05, 4.69) is 20.9 Å². The lowest BCUT2D eigenvalue weighted by Crippen LogP contribution is -2.26. The zero-order chi connectivity index (χ0) is 21.8. The van der Waals surface area contributed by atoms with Crippen LogP contribution < -0.4 is 15.8 Å². The number of nitrogens with one attached hydrogen (secondary N) is 1. The van der Waals surface area contributed by atoms with Gasteiger partial charge >= 0.3 is 0 Å². The number of halogens is 3. The number of nitrogens with zero attached hydrogens (tertiary/aromatic N) is 2. The summed E-state index contributed by atoms with van der Waals surface area (Å²) in [6.07, 6.45) is 0. The number of carbonyl (C=O) groups is 1. The molecule has 0 aliphatic heterocycles. The second-order valence-corrected chi connectivity index (χ2v) is 7.13. The van der Waals surface area contributed by atoms with Crippen LogP contribution in [0.5, 0.6) is 5.88 Å². The normalized spacial score (nSPS) is 10.7. The first-order valence-corrected chi connectivity index (χ1v) is 9.46. The standard InChI is InChI=1S/C20H16BrF2N3O4/c1-11-24-19(30-10-14-5-6-15(22)8-16(14)23)17(21)20(28)26(11)9-12-3-2-4-13(7-12)18(27)25-29/h2-8,29H,9-10H2,1H3,(H,25,27). The van der Waals surface area contributed by atoms with Crippen LogP contribution in [0, 0.1) is 18.6 Å². The van der Waals surface area contributed by atoms with Gasteiger partial charge in [-0.25, -0.2) is 14.3 Å². The molecule has 7 nitrogen and oxygen atoms in total. The van der Waals surface area contributed by atoms with E-state index in [4.69, 9.17) is 9.94 Å². The third-order valence-electron chi connectivity index (χ3n) is 4.29. The number of hydrogen-bond acceptors (Lipinski definition) is 5. The Labute approximate surface area is 178 Å². The molecule has 30 heavy (non-hydrogen) atoms. The van der Waals surface area contributed by atoms with Gasteiger partial charge in [-0.2, -0.15) is 4.98 Å². The fraction of sp³-hybridized carbons (Fsp3) is 0.150. The lowest BCUT2D eigenvalue weighted by atomic mass is 10.1. The summed E-state index contributed by atoms with van der Waals surface area (Å²) in [4.78, 5) is 28.6. The molecule has 0 unspecified atom stereocenters. The Kier molecular flexibility index (Phi) is 6.58. The van der Waals surface area contributed by atoms with E-state index in [9.17, 15) is 18.4 Å². The number of benzene rings is 2. The van der Waals surface area contributed by atoms with E-state index in [1.807, 2.05) is 0 Å². The van der Waals surface area contributed by atoms with Crippen molar-refractivity contribution in [1.82, 2.24) is 15.0 Å². The number of aryl methyl sites for hydroxylation is 1. The molecule has 2 N–H and O–H groups in total. The Hall–Kier alpha value is -3.11. The van der Waals surface area contributed by atoms with Crippen LogP contribution in [0.2, 0.25) is 0 Å². The van der Waals surface area contributed by atoms with Gasteiger partial charge in [-0.1, -0.05) is 12.1 Å². The predicted octanol–water partition coefficient (Wildman–Crippen LogP) is 3.34. The molecule has 0 spiro atoms. The van der Waals surface area contributed by atoms with Crippen molar-refractivity contribution in [3.05, 3.63) is 91.4 Å². The maximum absolute atomic E-state index is 13.8. The highest BCUT2D eigenvalue weighted by molar-refractivity contribution is 9.10. The summed E-state index contributed by atoms with van der Waals surface area (Å²) in [7, 11) is 0. The number of ether oxygens (including phenoxy) is 1. The first kappa shape index (κ1) is 21.6. The fourth-order valence-electron chi connectivity index (χ4n) is 2.74. The molecule has 0 radical (unpaired) electrons. The molecule has 0 saturated carbocycles. The quantitative estimate of drug-likeness (QED) is 0.417. The zero-order valence-corrected chi connectivity index (χ0v) is 17.2. The highest BCUT2D eigenvalue weighted by Crippen LogP contribution is 2.21. The molecule has 0 aliphatic carbocycles. The molecule has 0 bridgehead atoms. The van der Waals surface area contributed by atoms with Gasteiger partial charge in [-0.05, 0) is 52.7 Å². The molecule has 0 atom stereocenters. The van der Waals surface area contributed by atoms with Crippen LogP contribution in [0.1, 0.15) is 27.3 Å². The third kappa shape index (κ3) is 4.71. The smallest absolute Gasteiger partial charge is 0.274 e. The molecular weight excluding hydrogens is 464 g/mol. The molecule has 1 amide bonds. The summed E-state index contributed by atoms with van der Waals surface area (Å²) in [5, 5.41) is 8.76. The minimum absolute atomic E-state index is 0.0223. The van der Waals surface area contributed by atoms with Crippen molar-refractivity contribution in [2.24, 2.45) is 0 Å². The Bertz CT molecular complexity index is 1170. The van der Waals surface area contributed by atoms with Crippen LogP contribution in [-0.4, -0.2) is 20.7 Å². The maximum Gasteiger partial charge on any atom is 0.274 e. The van der Waals surface area contributed by atoms with Crippen LogP contribution in [-0.2, 0) is 13.2 Å². The summed E-state index contributed by atoms with van der Waals surface area (Å²) in [5.74, 6) is -1.82. The van der Waals surface area contributed by atoms with Gasteiger partial charge in [0.25, 0.3) is 11.5 Å². The topological polar surface area (TPSA) is 93.5 Å². The van der Waals surface area contributed by atoms with Crippen molar-refractivity contribution in [1.29, 1.82) is 0 Å². The Balaban J connectivity index is 1.84. The van der Waals surface area contributed by atoms with Gasteiger partial charge in [0, 0.05) is 17.2 Å². The number of aromatic nitrogens is 2. The summed E-state index contributed by atoms with van der Waals surface area (Å²) in [6.45, 7) is 1.48. The monoisotopic (exact) mass is 479 g/mol. The van der Waals surface area contributed by atoms with Crippen molar-refractivity contribution in [3.63, 3.8) is 0 Å². The number of hydrogen-bond donors (Lipinski definition) is 2. The lowest BCUT2D eigenvalue weighted by molar-refractivity contribution is 0.0706. The predicted molar refractivity (Wildman–Crippen MR) is 106 cm³/mol. The van der Waals surface area contributed by atoms with Crippen LogP contribution in [0.25, 0.3) is 0 Å². The molecule has 0 aliphatic rings. The number of carbonyl (C=O) groups excluding carboxylic acids is 1. The first-order chi connectivity index (χ1) is 14.3. The highest BCUT2D eigenvalue weighted by atomic mass is 79.9. The van der Waals surface area contributed by atoms with E-state index in [1.165, 1.54) is 22.8 Å². The van der Waals surface area contributed by atoms with E-state index in [0.717, 1.165) is 12.1 Å². The molecule has 3 aromatic rings. The average molecular weight is 480 g/mol. The number of hydroxylamine groups is 1.